The van der Waals surface area contributed by atoms with E-state index >= 15 is 0 Å². The van der Waals surface area contributed by atoms with Crippen LogP contribution in [0.1, 0.15) is 37.7 Å². The second-order valence-corrected chi connectivity index (χ2v) is 4.47. The Morgan fingerprint density at radius 3 is 2.89 bits per heavy atom. The summed E-state index contributed by atoms with van der Waals surface area (Å²) in [6.45, 7) is 4.20. The Balaban J connectivity index is 1.96. The maximum Gasteiger partial charge on any atom is 0.172 e. The SMILES string of the molecule is CCCCn1nnnc1Cn1cc(CCCN)nn1. The van der Waals surface area contributed by atoms with Gasteiger partial charge in [-0.3, -0.25) is 0 Å². The van der Waals surface area contributed by atoms with Gasteiger partial charge in [0, 0.05) is 12.7 Å². The predicted molar refractivity (Wildman–Crippen MR) is 69.2 cm³/mol. The Bertz CT molecular complexity index is 488. The minimum atomic E-state index is 0.548. The molecule has 0 saturated heterocycles. The monoisotopic (exact) mass is 264 g/mol. The van der Waals surface area contributed by atoms with Crippen molar-refractivity contribution in [3.8, 4) is 0 Å². The summed E-state index contributed by atoms with van der Waals surface area (Å²) in [6, 6.07) is 0. The number of aryl methyl sites for hydroxylation is 2. The smallest absolute Gasteiger partial charge is 0.172 e. The number of tetrazole rings is 1. The van der Waals surface area contributed by atoms with Crippen molar-refractivity contribution in [3.63, 3.8) is 0 Å². The van der Waals surface area contributed by atoms with E-state index in [1.807, 2.05) is 10.9 Å². The highest BCUT2D eigenvalue weighted by atomic mass is 15.6. The molecule has 0 saturated carbocycles. The fourth-order valence-electron chi connectivity index (χ4n) is 1.78. The van der Waals surface area contributed by atoms with Crippen LogP contribution in [0.15, 0.2) is 6.20 Å². The zero-order valence-corrected chi connectivity index (χ0v) is 11.2. The van der Waals surface area contributed by atoms with Gasteiger partial charge in [0.05, 0.1) is 5.69 Å². The number of hydrogen-bond acceptors (Lipinski definition) is 6. The molecule has 2 rings (SSSR count). The van der Waals surface area contributed by atoms with Crippen LogP contribution in [0.4, 0.5) is 0 Å². The zero-order valence-electron chi connectivity index (χ0n) is 11.2. The van der Waals surface area contributed by atoms with Gasteiger partial charge < -0.3 is 5.73 Å². The molecule has 0 aliphatic rings. The van der Waals surface area contributed by atoms with E-state index in [1.54, 1.807) is 4.68 Å². The van der Waals surface area contributed by atoms with Crippen molar-refractivity contribution in [1.29, 1.82) is 0 Å². The summed E-state index contributed by atoms with van der Waals surface area (Å²) < 4.78 is 3.59. The average Bonchev–Trinajstić information content (AvgIpc) is 3.04. The van der Waals surface area contributed by atoms with E-state index in [2.05, 4.69) is 32.8 Å². The maximum atomic E-state index is 5.47. The molecule has 2 heterocycles. The number of nitrogens with zero attached hydrogens (tertiary/aromatic N) is 7. The van der Waals surface area contributed by atoms with Crippen LogP contribution < -0.4 is 5.73 Å². The van der Waals surface area contributed by atoms with E-state index in [0.29, 0.717) is 13.1 Å². The summed E-state index contributed by atoms with van der Waals surface area (Å²) in [4.78, 5) is 0. The van der Waals surface area contributed by atoms with Crippen molar-refractivity contribution in [2.45, 2.75) is 45.7 Å². The van der Waals surface area contributed by atoms with Crippen LogP contribution in [0.5, 0.6) is 0 Å². The molecule has 0 fully saturated rings. The predicted octanol–water partition coefficient (Wildman–Crippen LogP) is 0.00430. The summed E-state index contributed by atoms with van der Waals surface area (Å²) in [6.07, 6.45) is 5.89. The van der Waals surface area contributed by atoms with Crippen LogP contribution in [-0.4, -0.2) is 41.7 Å². The molecule has 0 aromatic carbocycles. The fourth-order valence-corrected chi connectivity index (χ4v) is 1.78. The first-order chi connectivity index (χ1) is 9.33. The van der Waals surface area contributed by atoms with Gasteiger partial charge in [-0.25, -0.2) is 9.36 Å². The summed E-state index contributed by atoms with van der Waals surface area (Å²) >= 11 is 0. The van der Waals surface area contributed by atoms with Gasteiger partial charge in [0.25, 0.3) is 0 Å². The standard InChI is InChI=1S/C11H20N8/c1-2-3-7-19-11(14-15-17-19)9-18-8-10(13-16-18)5-4-6-12/h8H,2-7,9,12H2,1H3. The fraction of sp³-hybridized carbons (Fsp3) is 0.727. The van der Waals surface area contributed by atoms with Gasteiger partial charge in [-0.15, -0.1) is 10.2 Å². The first-order valence-corrected chi connectivity index (χ1v) is 6.67. The maximum absolute atomic E-state index is 5.47. The molecule has 2 N–H and O–H groups in total. The van der Waals surface area contributed by atoms with Crippen molar-refractivity contribution < 1.29 is 0 Å². The molecule has 19 heavy (non-hydrogen) atoms. The summed E-state index contributed by atoms with van der Waals surface area (Å²) in [7, 11) is 0. The Kier molecular flexibility index (Phi) is 4.96. The number of aromatic nitrogens is 7. The lowest BCUT2D eigenvalue weighted by Gasteiger charge is -2.02. The first kappa shape index (κ1) is 13.6. The Hall–Kier alpha value is -1.83. The van der Waals surface area contributed by atoms with E-state index in [9.17, 15) is 0 Å². The van der Waals surface area contributed by atoms with Crippen LogP contribution in [0.25, 0.3) is 0 Å². The molecular formula is C11H20N8. The highest BCUT2D eigenvalue weighted by Gasteiger charge is 2.08. The first-order valence-electron chi connectivity index (χ1n) is 6.67. The molecule has 0 bridgehead atoms. The molecule has 104 valence electrons. The van der Waals surface area contributed by atoms with Crippen molar-refractivity contribution in [2.24, 2.45) is 5.73 Å². The van der Waals surface area contributed by atoms with Crippen LogP contribution in [0, 0.1) is 0 Å². The third-order valence-corrected chi connectivity index (χ3v) is 2.86. The van der Waals surface area contributed by atoms with Crippen molar-refractivity contribution >= 4 is 0 Å². The minimum Gasteiger partial charge on any atom is -0.330 e. The van der Waals surface area contributed by atoms with Gasteiger partial charge in [-0.05, 0) is 36.2 Å². The lowest BCUT2D eigenvalue weighted by Crippen LogP contribution is -2.10. The Labute approximate surface area is 112 Å². The molecule has 2 aromatic heterocycles. The number of rotatable bonds is 8. The third kappa shape index (κ3) is 3.82. The molecular weight excluding hydrogens is 244 g/mol. The lowest BCUT2D eigenvalue weighted by molar-refractivity contribution is 0.511. The summed E-state index contributed by atoms with van der Waals surface area (Å²) in [5.74, 6) is 0.809. The van der Waals surface area contributed by atoms with E-state index in [1.165, 1.54) is 0 Å². The zero-order chi connectivity index (χ0) is 13.5. The Morgan fingerprint density at radius 2 is 2.11 bits per heavy atom. The minimum absolute atomic E-state index is 0.548. The van der Waals surface area contributed by atoms with Gasteiger partial charge >= 0.3 is 0 Å². The second-order valence-electron chi connectivity index (χ2n) is 4.47. The molecule has 8 heteroatoms. The molecule has 0 radical (unpaired) electrons. The molecule has 0 aliphatic heterocycles. The van der Waals surface area contributed by atoms with Gasteiger partial charge in [-0.2, -0.15) is 0 Å². The van der Waals surface area contributed by atoms with E-state index in [4.69, 9.17) is 5.73 Å². The van der Waals surface area contributed by atoms with E-state index in [-0.39, 0.29) is 0 Å². The lowest BCUT2D eigenvalue weighted by atomic mass is 10.2. The topological polar surface area (TPSA) is 100 Å². The van der Waals surface area contributed by atoms with Gasteiger partial charge in [-0.1, -0.05) is 18.6 Å². The highest BCUT2D eigenvalue weighted by Crippen LogP contribution is 2.02. The average molecular weight is 264 g/mol. The molecule has 0 unspecified atom stereocenters. The largest absolute Gasteiger partial charge is 0.330 e. The Morgan fingerprint density at radius 1 is 1.21 bits per heavy atom. The van der Waals surface area contributed by atoms with Gasteiger partial charge in [0.1, 0.15) is 6.54 Å². The number of hydrogen-bond donors (Lipinski definition) is 1. The third-order valence-electron chi connectivity index (χ3n) is 2.86. The molecule has 8 nitrogen and oxygen atoms in total. The molecule has 0 atom stereocenters. The van der Waals surface area contributed by atoms with Gasteiger partial charge in [0.15, 0.2) is 5.82 Å². The van der Waals surface area contributed by atoms with Crippen LogP contribution >= 0.6 is 0 Å². The summed E-state index contributed by atoms with van der Waals surface area (Å²) in [5.41, 5.74) is 6.43. The van der Waals surface area contributed by atoms with Gasteiger partial charge in [0.2, 0.25) is 0 Å². The molecule has 0 aliphatic carbocycles. The number of nitrogens with two attached hydrogens (primary N) is 1. The molecule has 2 aromatic rings. The van der Waals surface area contributed by atoms with E-state index in [0.717, 1.165) is 43.7 Å². The van der Waals surface area contributed by atoms with Crippen molar-refractivity contribution in [1.82, 2.24) is 35.2 Å². The van der Waals surface area contributed by atoms with Crippen LogP contribution in [-0.2, 0) is 19.5 Å². The van der Waals surface area contributed by atoms with Crippen LogP contribution in [0.2, 0.25) is 0 Å². The number of unbranched alkanes of at least 4 members (excludes halogenated alkanes) is 1. The molecule has 0 amide bonds. The van der Waals surface area contributed by atoms with Crippen LogP contribution in [0.3, 0.4) is 0 Å². The van der Waals surface area contributed by atoms with Crippen molar-refractivity contribution in [2.75, 3.05) is 6.54 Å². The molecule has 0 spiro atoms. The summed E-state index contributed by atoms with van der Waals surface area (Å²) in [5, 5.41) is 19.9. The van der Waals surface area contributed by atoms with E-state index < -0.39 is 0 Å². The quantitative estimate of drug-likeness (QED) is 0.720. The van der Waals surface area contributed by atoms with Crippen molar-refractivity contribution in [3.05, 3.63) is 17.7 Å². The normalized spacial score (nSPS) is 11.1. The second kappa shape index (κ2) is 6.93. The highest BCUT2D eigenvalue weighted by molar-refractivity contribution is 4.94.